The van der Waals surface area contributed by atoms with Crippen molar-refractivity contribution in [1.29, 1.82) is 0 Å². The average Bonchev–Trinajstić information content (AvgIpc) is 3.05. The summed E-state index contributed by atoms with van der Waals surface area (Å²) in [5.74, 6) is 1.86. The Kier molecular flexibility index (Phi) is 5.27. The zero-order chi connectivity index (χ0) is 15.2. The first-order valence-electron chi connectivity index (χ1n) is 6.97. The number of nitrogens with one attached hydrogen (secondary N) is 2. The third-order valence-electron chi connectivity index (χ3n) is 3.62. The van der Waals surface area contributed by atoms with Crippen LogP contribution in [-0.4, -0.2) is 40.3 Å². The van der Waals surface area contributed by atoms with Crippen LogP contribution in [0.3, 0.4) is 0 Å². The molecule has 1 fully saturated rings. The lowest BCUT2D eigenvalue weighted by atomic mass is 10.1. The monoisotopic (exact) mass is 294 g/mol. The van der Waals surface area contributed by atoms with E-state index in [0.29, 0.717) is 23.8 Å². The van der Waals surface area contributed by atoms with Crippen LogP contribution in [0.1, 0.15) is 12.0 Å². The Balaban J connectivity index is 2.07. The Bertz CT molecular complexity index is 473. The first-order valence-corrected chi connectivity index (χ1v) is 6.97. The molecular weight excluding hydrogens is 272 g/mol. The van der Waals surface area contributed by atoms with Gasteiger partial charge in [0.1, 0.15) is 0 Å². The van der Waals surface area contributed by atoms with E-state index in [2.05, 4.69) is 10.6 Å². The van der Waals surface area contributed by atoms with Crippen LogP contribution in [0.2, 0.25) is 0 Å². The Morgan fingerprint density at radius 2 is 1.90 bits per heavy atom. The van der Waals surface area contributed by atoms with Gasteiger partial charge in [0.05, 0.1) is 27.2 Å². The SMILES string of the molecule is COc1cc(CNC(=O)C2CCNC2)cc(OC)c1OC. The Hall–Kier alpha value is -1.95. The molecule has 6 nitrogen and oxygen atoms in total. The maximum absolute atomic E-state index is 12.0. The molecule has 1 aromatic rings. The topological polar surface area (TPSA) is 68.8 Å². The summed E-state index contributed by atoms with van der Waals surface area (Å²) in [6, 6.07) is 3.68. The van der Waals surface area contributed by atoms with Crippen molar-refractivity contribution in [1.82, 2.24) is 10.6 Å². The highest BCUT2D eigenvalue weighted by Gasteiger charge is 2.22. The summed E-state index contributed by atoms with van der Waals surface area (Å²) in [5.41, 5.74) is 0.906. The third-order valence-corrected chi connectivity index (χ3v) is 3.62. The summed E-state index contributed by atoms with van der Waals surface area (Å²) in [5, 5.41) is 6.14. The molecule has 1 saturated heterocycles. The standard InChI is InChI=1S/C15H22N2O4/c1-19-12-6-10(7-13(20-2)14(12)21-3)8-17-15(18)11-4-5-16-9-11/h6-7,11,16H,4-5,8-9H2,1-3H3,(H,17,18). The number of ether oxygens (including phenoxy) is 3. The largest absolute Gasteiger partial charge is 0.493 e. The van der Waals surface area contributed by atoms with Gasteiger partial charge in [-0.1, -0.05) is 0 Å². The first kappa shape index (κ1) is 15.4. The predicted octanol–water partition coefficient (Wildman–Crippen LogP) is 0.938. The molecule has 1 unspecified atom stereocenters. The lowest BCUT2D eigenvalue weighted by Gasteiger charge is -2.15. The fourth-order valence-electron chi connectivity index (χ4n) is 2.45. The van der Waals surface area contributed by atoms with Gasteiger partial charge < -0.3 is 24.8 Å². The molecule has 1 heterocycles. The summed E-state index contributed by atoms with van der Waals surface area (Å²) in [7, 11) is 4.71. The van der Waals surface area contributed by atoms with Crippen LogP contribution >= 0.6 is 0 Å². The molecule has 0 saturated carbocycles. The van der Waals surface area contributed by atoms with Crippen molar-refractivity contribution in [2.75, 3.05) is 34.4 Å². The highest BCUT2D eigenvalue weighted by molar-refractivity contribution is 5.79. The highest BCUT2D eigenvalue weighted by atomic mass is 16.5. The van der Waals surface area contributed by atoms with Crippen LogP contribution in [-0.2, 0) is 11.3 Å². The molecule has 0 radical (unpaired) electrons. The fraction of sp³-hybridized carbons (Fsp3) is 0.533. The van der Waals surface area contributed by atoms with Crippen LogP contribution in [0.25, 0.3) is 0 Å². The zero-order valence-electron chi connectivity index (χ0n) is 12.7. The summed E-state index contributed by atoms with van der Waals surface area (Å²) >= 11 is 0. The van der Waals surface area contributed by atoms with Gasteiger partial charge in [0.15, 0.2) is 11.5 Å². The molecule has 116 valence electrons. The molecule has 2 rings (SSSR count). The van der Waals surface area contributed by atoms with Gasteiger partial charge in [-0.3, -0.25) is 4.79 Å². The molecule has 1 aromatic carbocycles. The van der Waals surface area contributed by atoms with Gasteiger partial charge in [-0.05, 0) is 30.7 Å². The summed E-state index contributed by atoms with van der Waals surface area (Å²) in [6.45, 7) is 2.09. The van der Waals surface area contributed by atoms with E-state index < -0.39 is 0 Å². The second-order valence-electron chi connectivity index (χ2n) is 4.94. The van der Waals surface area contributed by atoms with Gasteiger partial charge >= 0.3 is 0 Å². The molecule has 0 spiro atoms. The van der Waals surface area contributed by atoms with E-state index >= 15 is 0 Å². The average molecular weight is 294 g/mol. The molecule has 1 amide bonds. The van der Waals surface area contributed by atoms with Gasteiger partial charge in [-0.25, -0.2) is 0 Å². The fourth-order valence-corrected chi connectivity index (χ4v) is 2.45. The molecular formula is C15H22N2O4. The zero-order valence-corrected chi connectivity index (χ0v) is 12.7. The van der Waals surface area contributed by atoms with Gasteiger partial charge in [0.2, 0.25) is 11.7 Å². The second kappa shape index (κ2) is 7.17. The van der Waals surface area contributed by atoms with Crippen molar-refractivity contribution in [3.8, 4) is 17.2 Å². The number of amides is 1. The molecule has 0 bridgehead atoms. The lowest BCUT2D eigenvalue weighted by molar-refractivity contribution is -0.124. The van der Waals surface area contributed by atoms with E-state index in [9.17, 15) is 4.79 Å². The molecule has 2 N–H and O–H groups in total. The molecule has 6 heteroatoms. The Labute approximate surface area is 124 Å². The minimum atomic E-state index is 0.0621. The van der Waals surface area contributed by atoms with Crippen molar-refractivity contribution in [2.45, 2.75) is 13.0 Å². The second-order valence-corrected chi connectivity index (χ2v) is 4.94. The Morgan fingerprint density at radius 3 is 2.38 bits per heavy atom. The lowest BCUT2D eigenvalue weighted by Crippen LogP contribution is -2.31. The quantitative estimate of drug-likeness (QED) is 0.817. The van der Waals surface area contributed by atoms with Crippen molar-refractivity contribution in [3.05, 3.63) is 17.7 Å². The number of benzene rings is 1. The number of rotatable bonds is 6. The number of hydrogen-bond acceptors (Lipinski definition) is 5. The predicted molar refractivity (Wildman–Crippen MR) is 78.9 cm³/mol. The maximum Gasteiger partial charge on any atom is 0.224 e. The summed E-state index contributed by atoms with van der Waals surface area (Å²) in [4.78, 5) is 12.0. The maximum atomic E-state index is 12.0. The molecule has 0 aliphatic carbocycles. The van der Waals surface area contributed by atoms with Gasteiger partial charge in [-0.2, -0.15) is 0 Å². The Morgan fingerprint density at radius 1 is 1.24 bits per heavy atom. The van der Waals surface area contributed by atoms with E-state index in [0.717, 1.165) is 25.1 Å². The van der Waals surface area contributed by atoms with Gasteiger partial charge in [0.25, 0.3) is 0 Å². The molecule has 1 aliphatic heterocycles. The van der Waals surface area contributed by atoms with E-state index in [1.54, 1.807) is 21.3 Å². The van der Waals surface area contributed by atoms with Crippen LogP contribution in [0.15, 0.2) is 12.1 Å². The minimum Gasteiger partial charge on any atom is -0.493 e. The van der Waals surface area contributed by atoms with Crippen molar-refractivity contribution < 1.29 is 19.0 Å². The number of carbonyl (C=O) groups is 1. The van der Waals surface area contributed by atoms with Crippen LogP contribution in [0, 0.1) is 5.92 Å². The van der Waals surface area contributed by atoms with Gasteiger partial charge in [-0.15, -0.1) is 0 Å². The number of methoxy groups -OCH3 is 3. The first-order chi connectivity index (χ1) is 10.2. The van der Waals surface area contributed by atoms with E-state index in [-0.39, 0.29) is 11.8 Å². The summed E-state index contributed by atoms with van der Waals surface area (Å²) < 4.78 is 15.9. The van der Waals surface area contributed by atoms with Gasteiger partial charge in [0, 0.05) is 13.1 Å². The van der Waals surface area contributed by atoms with Crippen molar-refractivity contribution in [2.24, 2.45) is 5.92 Å². The normalized spacial score (nSPS) is 17.4. The smallest absolute Gasteiger partial charge is 0.224 e. The third kappa shape index (κ3) is 3.58. The molecule has 21 heavy (non-hydrogen) atoms. The number of hydrogen-bond donors (Lipinski definition) is 2. The van der Waals surface area contributed by atoms with E-state index in [1.807, 2.05) is 12.1 Å². The minimum absolute atomic E-state index is 0.0621. The molecule has 0 aromatic heterocycles. The van der Waals surface area contributed by atoms with Crippen LogP contribution < -0.4 is 24.8 Å². The van der Waals surface area contributed by atoms with Crippen LogP contribution in [0.4, 0.5) is 0 Å². The molecule has 1 atom stereocenters. The highest BCUT2D eigenvalue weighted by Crippen LogP contribution is 2.38. The van der Waals surface area contributed by atoms with Crippen LogP contribution in [0.5, 0.6) is 17.2 Å². The van der Waals surface area contributed by atoms with Crippen molar-refractivity contribution in [3.63, 3.8) is 0 Å². The summed E-state index contributed by atoms with van der Waals surface area (Å²) in [6.07, 6.45) is 0.890. The van der Waals surface area contributed by atoms with E-state index in [1.165, 1.54) is 0 Å². The number of carbonyl (C=O) groups excluding carboxylic acids is 1. The molecule has 1 aliphatic rings. The van der Waals surface area contributed by atoms with Crippen molar-refractivity contribution >= 4 is 5.91 Å². The van der Waals surface area contributed by atoms with E-state index in [4.69, 9.17) is 14.2 Å².